The van der Waals surface area contributed by atoms with Crippen molar-refractivity contribution >= 4 is 5.91 Å². The summed E-state index contributed by atoms with van der Waals surface area (Å²) in [6.07, 6.45) is 3.19. The van der Waals surface area contributed by atoms with Crippen LogP contribution >= 0.6 is 0 Å². The molecule has 1 saturated carbocycles. The van der Waals surface area contributed by atoms with Gasteiger partial charge in [0.1, 0.15) is 0 Å². The molecule has 0 spiro atoms. The molecule has 3 heteroatoms. The molecule has 1 aliphatic carbocycles. The van der Waals surface area contributed by atoms with Crippen molar-refractivity contribution in [3.8, 4) is 0 Å². The molecule has 2 unspecified atom stereocenters. The van der Waals surface area contributed by atoms with E-state index < -0.39 is 0 Å². The number of amides is 1. The van der Waals surface area contributed by atoms with Crippen molar-refractivity contribution in [1.82, 2.24) is 4.90 Å². The lowest BCUT2D eigenvalue weighted by Gasteiger charge is -2.34. The van der Waals surface area contributed by atoms with E-state index in [1.807, 2.05) is 4.90 Å². The smallest absolute Gasteiger partial charge is 0.223 e. The first kappa shape index (κ1) is 14.6. The number of ether oxygens (including phenoxy) is 1. The number of carbonyl (C=O) groups is 1. The van der Waals surface area contributed by atoms with Crippen LogP contribution in [0.15, 0.2) is 24.3 Å². The molecular formula is C18H25NO2. The van der Waals surface area contributed by atoms with E-state index in [9.17, 15) is 4.79 Å². The van der Waals surface area contributed by atoms with Crippen molar-refractivity contribution in [2.24, 2.45) is 5.92 Å². The summed E-state index contributed by atoms with van der Waals surface area (Å²) in [4.78, 5) is 14.7. The molecule has 0 N–H and O–H groups in total. The first-order valence-corrected chi connectivity index (χ1v) is 8.09. The number of aryl methyl sites for hydroxylation is 1. The number of hydrogen-bond acceptors (Lipinski definition) is 2. The van der Waals surface area contributed by atoms with Gasteiger partial charge in [0.2, 0.25) is 5.91 Å². The maximum Gasteiger partial charge on any atom is 0.223 e. The summed E-state index contributed by atoms with van der Waals surface area (Å²) in [7, 11) is 0. The van der Waals surface area contributed by atoms with E-state index >= 15 is 0 Å². The topological polar surface area (TPSA) is 29.5 Å². The monoisotopic (exact) mass is 287 g/mol. The first-order chi connectivity index (χ1) is 10.1. The van der Waals surface area contributed by atoms with Crippen molar-refractivity contribution in [3.05, 3.63) is 35.4 Å². The third kappa shape index (κ3) is 3.46. The Balaban J connectivity index is 1.70. The van der Waals surface area contributed by atoms with E-state index in [4.69, 9.17) is 4.74 Å². The lowest BCUT2D eigenvalue weighted by Crippen LogP contribution is -2.47. The van der Waals surface area contributed by atoms with Gasteiger partial charge in [-0.25, -0.2) is 0 Å². The van der Waals surface area contributed by atoms with Crippen LogP contribution in [0.4, 0.5) is 0 Å². The summed E-state index contributed by atoms with van der Waals surface area (Å²) in [6.45, 7) is 6.27. The third-order valence-electron chi connectivity index (χ3n) is 4.78. The van der Waals surface area contributed by atoms with Gasteiger partial charge in [0, 0.05) is 13.0 Å². The van der Waals surface area contributed by atoms with Crippen LogP contribution in [-0.2, 0) is 9.53 Å². The number of nitrogens with zero attached hydrogens (tertiary/aromatic N) is 1. The Labute approximate surface area is 127 Å². The summed E-state index contributed by atoms with van der Waals surface area (Å²) in [5, 5.41) is 0. The zero-order chi connectivity index (χ0) is 14.8. The van der Waals surface area contributed by atoms with Crippen LogP contribution in [-0.4, -0.2) is 36.6 Å². The van der Waals surface area contributed by atoms with E-state index in [0.29, 0.717) is 37.4 Å². The molecule has 2 aliphatic rings. The van der Waals surface area contributed by atoms with Gasteiger partial charge in [-0.1, -0.05) is 29.8 Å². The van der Waals surface area contributed by atoms with Crippen molar-refractivity contribution in [1.29, 1.82) is 0 Å². The molecule has 0 bridgehead atoms. The molecule has 1 saturated heterocycles. The van der Waals surface area contributed by atoms with Crippen LogP contribution in [0.5, 0.6) is 0 Å². The van der Waals surface area contributed by atoms with Gasteiger partial charge >= 0.3 is 0 Å². The highest BCUT2D eigenvalue weighted by atomic mass is 16.5. The van der Waals surface area contributed by atoms with Crippen LogP contribution in [0.25, 0.3) is 0 Å². The minimum absolute atomic E-state index is 0.212. The predicted octanol–water partition coefficient (Wildman–Crippen LogP) is 3.13. The van der Waals surface area contributed by atoms with Gasteiger partial charge < -0.3 is 9.64 Å². The van der Waals surface area contributed by atoms with Crippen molar-refractivity contribution < 1.29 is 9.53 Å². The van der Waals surface area contributed by atoms with Crippen LogP contribution < -0.4 is 0 Å². The molecule has 2 atom stereocenters. The van der Waals surface area contributed by atoms with Crippen LogP contribution in [0.1, 0.15) is 43.2 Å². The summed E-state index contributed by atoms with van der Waals surface area (Å²) >= 11 is 0. The predicted molar refractivity (Wildman–Crippen MR) is 83.3 cm³/mol. The van der Waals surface area contributed by atoms with E-state index in [0.717, 1.165) is 6.54 Å². The summed E-state index contributed by atoms with van der Waals surface area (Å²) < 4.78 is 5.43. The van der Waals surface area contributed by atoms with Gasteiger partial charge in [-0.05, 0) is 44.1 Å². The van der Waals surface area contributed by atoms with Gasteiger partial charge in [-0.2, -0.15) is 0 Å². The molecule has 1 amide bonds. The second-order valence-corrected chi connectivity index (χ2v) is 6.57. The Morgan fingerprint density at radius 2 is 2.05 bits per heavy atom. The molecule has 3 nitrogen and oxygen atoms in total. The fourth-order valence-electron chi connectivity index (χ4n) is 3.27. The normalized spacial score (nSPS) is 23.9. The maximum atomic E-state index is 12.7. The van der Waals surface area contributed by atoms with Gasteiger partial charge in [0.25, 0.3) is 0 Å². The van der Waals surface area contributed by atoms with Crippen LogP contribution in [0.2, 0.25) is 0 Å². The molecule has 1 aromatic carbocycles. The molecule has 2 fully saturated rings. The summed E-state index contributed by atoms with van der Waals surface area (Å²) in [5.74, 6) is 1.39. The second kappa shape index (κ2) is 6.18. The van der Waals surface area contributed by atoms with Crippen molar-refractivity contribution in [3.63, 3.8) is 0 Å². The molecule has 114 valence electrons. The van der Waals surface area contributed by atoms with E-state index in [1.165, 1.54) is 24.0 Å². The average molecular weight is 287 g/mol. The van der Waals surface area contributed by atoms with Crippen molar-refractivity contribution in [2.45, 2.75) is 45.1 Å². The molecule has 1 aliphatic heterocycles. The van der Waals surface area contributed by atoms with Crippen LogP contribution in [0, 0.1) is 12.8 Å². The SMILES string of the molecule is Cc1ccc(C(CC(=O)N2CCOCC2C)C2CC2)cc1. The minimum Gasteiger partial charge on any atom is -0.377 e. The number of benzene rings is 1. The largest absolute Gasteiger partial charge is 0.377 e. The fraction of sp³-hybridized carbons (Fsp3) is 0.611. The Morgan fingerprint density at radius 1 is 1.33 bits per heavy atom. The highest BCUT2D eigenvalue weighted by Gasteiger charge is 2.35. The third-order valence-corrected chi connectivity index (χ3v) is 4.78. The van der Waals surface area contributed by atoms with E-state index in [-0.39, 0.29) is 6.04 Å². The Hall–Kier alpha value is -1.35. The molecule has 21 heavy (non-hydrogen) atoms. The first-order valence-electron chi connectivity index (χ1n) is 8.09. The van der Waals surface area contributed by atoms with E-state index in [2.05, 4.69) is 38.1 Å². The highest BCUT2D eigenvalue weighted by Crippen LogP contribution is 2.44. The number of carbonyl (C=O) groups excluding carboxylic acids is 1. The van der Waals surface area contributed by atoms with Gasteiger partial charge in [0.05, 0.1) is 19.3 Å². The molecule has 1 aromatic rings. The second-order valence-electron chi connectivity index (χ2n) is 6.57. The fourth-order valence-corrected chi connectivity index (χ4v) is 3.27. The highest BCUT2D eigenvalue weighted by molar-refractivity contribution is 5.77. The van der Waals surface area contributed by atoms with E-state index in [1.54, 1.807) is 0 Å². The molecular weight excluding hydrogens is 262 g/mol. The lowest BCUT2D eigenvalue weighted by molar-refractivity contribution is -0.139. The van der Waals surface area contributed by atoms with Crippen LogP contribution in [0.3, 0.4) is 0 Å². The quantitative estimate of drug-likeness (QED) is 0.851. The van der Waals surface area contributed by atoms with Gasteiger partial charge in [-0.3, -0.25) is 4.79 Å². The molecule has 0 aromatic heterocycles. The Bertz CT molecular complexity index is 492. The van der Waals surface area contributed by atoms with Crippen molar-refractivity contribution in [2.75, 3.05) is 19.8 Å². The zero-order valence-corrected chi connectivity index (χ0v) is 13.0. The molecule has 3 rings (SSSR count). The summed E-state index contributed by atoms with van der Waals surface area (Å²) in [6, 6.07) is 8.94. The number of rotatable bonds is 4. The lowest BCUT2D eigenvalue weighted by atomic mass is 9.90. The standard InChI is InChI=1S/C18H25NO2/c1-13-3-5-15(6-4-13)17(16-7-8-16)11-18(20)19-9-10-21-12-14(19)2/h3-6,14,16-17H,7-12H2,1-2H3. The zero-order valence-electron chi connectivity index (χ0n) is 13.0. The number of morpholine rings is 1. The molecule has 1 heterocycles. The maximum absolute atomic E-state index is 12.7. The Morgan fingerprint density at radius 3 is 2.67 bits per heavy atom. The minimum atomic E-state index is 0.212. The average Bonchev–Trinajstić information content (AvgIpc) is 3.31. The molecule has 0 radical (unpaired) electrons. The van der Waals surface area contributed by atoms with Gasteiger partial charge in [-0.15, -0.1) is 0 Å². The number of hydrogen-bond donors (Lipinski definition) is 0. The summed E-state index contributed by atoms with van der Waals surface area (Å²) in [5.41, 5.74) is 2.61. The van der Waals surface area contributed by atoms with Gasteiger partial charge in [0.15, 0.2) is 0 Å². The Kier molecular flexibility index (Phi) is 4.29.